The van der Waals surface area contributed by atoms with Crippen molar-refractivity contribution in [2.24, 2.45) is 0 Å². The first-order valence-corrected chi connectivity index (χ1v) is 8.64. The molecule has 0 aromatic heterocycles. The van der Waals surface area contributed by atoms with Gasteiger partial charge in [-0.15, -0.1) is 11.8 Å². The van der Waals surface area contributed by atoms with E-state index < -0.39 is 0 Å². The van der Waals surface area contributed by atoms with E-state index in [0.717, 1.165) is 29.4 Å². The number of aryl methyl sites for hydroxylation is 2. The number of hydrogen-bond acceptors (Lipinski definition) is 2. The van der Waals surface area contributed by atoms with Gasteiger partial charge in [0.15, 0.2) is 0 Å². The van der Waals surface area contributed by atoms with Crippen LogP contribution in [0.15, 0.2) is 41.3 Å². The van der Waals surface area contributed by atoms with Crippen molar-refractivity contribution >= 4 is 23.4 Å². The Hall–Kier alpha value is -0.960. The molecule has 3 heteroatoms. The summed E-state index contributed by atoms with van der Waals surface area (Å²) in [6.45, 7) is 8.18. The predicted molar refractivity (Wildman–Crippen MR) is 94.3 cm³/mol. The summed E-state index contributed by atoms with van der Waals surface area (Å²) in [6, 6.07) is 13.1. The van der Waals surface area contributed by atoms with Crippen LogP contribution in [0.2, 0.25) is 5.02 Å². The molecule has 0 unspecified atom stereocenters. The van der Waals surface area contributed by atoms with Gasteiger partial charge < -0.3 is 5.32 Å². The molecule has 21 heavy (non-hydrogen) atoms. The summed E-state index contributed by atoms with van der Waals surface area (Å²) in [7, 11) is 0. The second-order valence-corrected chi connectivity index (χ2v) is 6.77. The van der Waals surface area contributed by atoms with Crippen molar-refractivity contribution in [3.05, 3.63) is 63.7 Å². The van der Waals surface area contributed by atoms with E-state index in [4.69, 9.17) is 11.6 Å². The SMILES string of the molecule is CCNCc1ccc(SCc2cc(C)cc(C)c2)cc1Cl. The van der Waals surface area contributed by atoms with Gasteiger partial charge in [-0.2, -0.15) is 0 Å². The van der Waals surface area contributed by atoms with Gasteiger partial charge in [-0.3, -0.25) is 0 Å². The Morgan fingerprint density at radius 2 is 1.76 bits per heavy atom. The van der Waals surface area contributed by atoms with Crippen LogP contribution < -0.4 is 5.32 Å². The lowest BCUT2D eigenvalue weighted by atomic mass is 10.1. The Bertz CT molecular complexity index is 590. The molecule has 0 saturated carbocycles. The van der Waals surface area contributed by atoms with Crippen molar-refractivity contribution in [1.29, 1.82) is 0 Å². The van der Waals surface area contributed by atoms with E-state index in [9.17, 15) is 0 Å². The van der Waals surface area contributed by atoms with Crippen molar-refractivity contribution in [2.75, 3.05) is 6.54 Å². The van der Waals surface area contributed by atoms with Crippen molar-refractivity contribution in [3.63, 3.8) is 0 Å². The number of nitrogens with one attached hydrogen (secondary N) is 1. The minimum absolute atomic E-state index is 0.831. The second kappa shape index (κ2) is 7.88. The molecule has 0 spiro atoms. The Labute approximate surface area is 137 Å². The van der Waals surface area contributed by atoms with Gasteiger partial charge in [-0.05, 0) is 43.7 Å². The molecule has 2 aromatic rings. The normalized spacial score (nSPS) is 10.9. The van der Waals surface area contributed by atoms with Gasteiger partial charge in [0.05, 0.1) is 0 Å². The number of thioether (sulfide) groups is 1. The number of hydrogen-bond donors (Lipinski definition) is 1. The summed E-state index contributed by atoms with van der Waals surface area (Å²) in [4.78, 5) is 1.22. The molecule has 0 aliphatic rings. The summed E-state index contributed by atoms with van der Waals surface area (Å²) < 4.78 is 0. The molecule has 0 heterocycles. The Morgan fingerprint density at radius 1 is 1.05 bits per heavy atom. The maximum atomic E-state index is 6.34. The van der Waals surface area contributed by atoms with Gasteiger partial charge in [0.25, 0.3) is 0 Å². The average Bonchev–Trinajstić information content (AvgIpc) is 2.43. The molecule has 1 N–H and O–H groups in total. The average molecular weight is 320 g/mol. The molecule has 0 radical (unpaired) electrons. The first-order valence-electron chi connectivity index (χ1n) is 7.27. The lowest BCUT2D eigenvalue weighted by Gasteiger charge is -2.08. The number of benzene rings is 2. The third-order valence-corrected chi connectivity index (χ3v) is 4.69. The number of halogens is 1. The summed E-state index contributed by atoms with van der Waals surface area (Å²) in [5, 5.41) is 4.15. The monoisotopic (exact) mass is 319 g/mol. The molecule has 0 aliphatic heterocycles. The van der Waals surface area contributed by atoms with Crippen LogP contribution >= 0.6 is 23.4 Å². The van der Waals surface area contributed by atoms with Crippen LogP contribution in [0.1, 0.15) is 29.2 Å². The molecule has 0 saturated heterocycles. The van der Waals surface area contributed by atoms with Crippen LogP contribution in [-0.2, 0) is 12.3 Å². The predicted octanol–water partition coefficient (Wildman–Crippen LogP) is 5.36. The van der Waals surface area contributed by atoms with Crippen molar-refractivity contribution in [2.45, 2.75) is 38.0 Å². The van der Waals surface area contributed by atoms with Gasteiger partial charge in [0.1, 0.15) is 0 Å². The summed E-state index contributed by atoms with van der Waals surface area (Å²) in [6.07, 6.45) is 0. The lowest BCUT2D eigenvalue weighted by molar-refractivity contribution is 0.726. The number of rotatable bonds is 6. The van der Waals surface area contributed by atoms with E-state index in [1.165, 1.54) is 21.6 Å². The van der Waals surface area contributed by atoms with Crippen LogP contribution in [0.4, 0.5) is 0 Å². The van der Waals surface area contributed by atoms with Crippen LogP contribution in [0, 0.1) is 13.8 Å². The maximum absolute atomic E-state index is 6.34. The zero-order valence-electron chi connectivity index (χ0n) is 12.9. The van der Waals surface area contributed by atoms with Crippen LogP contribution in [0.5, 0.6) is 0 Å². The van der Waals surface area contributed by atoms with E-state index in [1.807, 2.05) is 11.8 Å². The zero-order chi connectivity index (χ0) is 15.2. The van der Waals surface area contributed by atoms with E-state index in [0.29, 0.717) is 0 Å². The van der Waals surface area contributed by atoms with Gasteiger partial charge >= 0.3 is 0 Å². The van der Waals surface area contributed by atoms with Crippen LogP contribution in [0.25, 0.3) is 0 Å². The van der Waals surface area contributed by atoms with Crippen LogP contribution in [-0.4, -0.2) is 6.54 Å². The molecule has 0 bridgehead atoms. The molecular weight excluding hydrogens is 298 g/mol. The summed E-state index contributed by atoms with van der Waals surface area (Å²) in [5.74, 6) is 0.978. The topological polar surface area (TPSA) is 12.0 Å². The highest BCUT2D eigenvalue weighted by Gasteiger charge is 2.03. The molecule has 1 nitrogen and oxygen atoms in total. The van der Waals surface area contributed by atoms with Crippen LogP contribution in [0.3, 0.4) is 0 Å². The van der Waals surface area contributed by atoms with E-state index in [2.05, 4.69) is 62.5 Å². The van der Waals surface area contributed by atoms with E-state index >= 15 is 0 Å². The smallest absolute Gasteiger partial charge is 0.0462 e. The molecule has 0 aliphatic carbocycles. The molecule has 0 amide bonds. The first-order chi connectivity index (χ1) is 10.1. The van der Waals surface area contributed by atoms with E-state index in [1.54, 1.807) is 0 Å². The van der Waals surface area contributed by atoms with E-state index in [-0.39, 0.29) is 0 Å². The van der Waals surface area contributed by atoms with Crippen molar-refractivity contribution in [3.8, 4) is 0 Å². The van der Waals surface area contributed by atoms with Gasteiger partial charge in [0.2, 0.25) is 0 Å². The standard InChI is InChI=1S/C18H22ClNS/c1-4-20-11-16-5-6-17(10-18(16)19)21-12-15-8-13(2)7-14(3)9-15/h5-10,20H,4,11-12H2,1-3H3. The molecule has 112 valence electrons. The highest BCUT2D eigenvalue weighted by Crippen LogP contribution is 2.28. The molecule has 0 atom stereocenters. The third-order valence-electron chi connectivity index (χ3n) is 3.28. The third kappa shape index (κ3) is 5.06. The Kier molecular flexibility index (Phi) is 6.16. The van der Waals surface area contributed by atoms with Crippen molar-refractivity contribution in [1.82, 2.24) is 5.32 Å². The Morgan fingerprint density at radius 3 is 2.38 bits per heavy atom. The molecule has 2 rings (SSSR count). The minimum atomic E-state index is 0.831. The summed E-state index contributed by atoms with van der Waals surface area (Å²) in [5.41, 5.74) is 5.17. The highest BCUT2D eigenvalue weighted by atomic mass is 35.5. The van der Waals surface area contributed by atoms with Crippen molar-refractivity contribution < 1.29 is 0 Å². The van der Waals surface area contributed by atoms with Gasteiger partial charge in [-0.1, -0.05) is 53.9 Å². The molecular formula is C18H22ClNS. The second-order valence-electron chi connectivity index (χ2n) is 5.32. The molecule has 0 fully saturated rings. The quantitative estimate of drug-likeness (QED) is 0.719. The summed E-state index contributed by atoms with van der Waals surface area (Å²) >= 11 is 8.18. The first kappa shape index (κ1) is 16.4. The maximum Gasteiger partial charge on any atom is 0.0462 e. The minimum Gasteiger partial charge on any atom is -0.313 e. The van der Waals surface area contributed by atoms with Gasteiger partial charge in [0, 0.05) is 22.2 Å². The molecule has 2 aromatic carbocycles. The lowest BCUT2D eigenvalue weighted by Crippen LogP contribution is -2.11. The zero-order valence-corrected chi connectivity index (χ0v) is 14.4. The fraction of sp³-hybridized carbons (Fsp3) is 0.333. The largest absolute Gasteiger partial charge is 0.313 e. The Balaban J connectivity index is 2.01. The fourth-order valence-electron chi connectivity index (χ4n) is 2.34. The fourth-order valence-corrected chi connectivity index (χ4v) is 3.52. The highest BCUT2D eigenvalue weighted by molar-refractivity contribution is 7.98. The van der Waals surface area contributed by atoms with Gasteiger partial charge in [-0.25, -0.2) is 0 Å².